The molecule has 0 spiro atoms. The van der Waals surface area contributed by atoms with Gasteiger partial charge in [-0.05, 0) is 18.4 Å². The summed E-state index contributed by atoms with van der Waals surface area (Å²) in [6.07, 6.45) is 3.36. The van der Waals surface area contributed by atoms with Gasteiger partial charge in [0, 0.05) is 12.8 Å². The van der Waals surface area contributed by atoms with E-state index < -0.39 is 0 Å². The molecule has 0 atom stereocenters. The molecule has 0 saturated carbocycles. The third kappa shape index (κ3) is 2.64. The van der Waals surface area contributed by atoms with E-state index in [1.807, 2.05) is 31.5 Å². The molecule has 0 aliphatic rings. The van der Waals surface area contributed by atoms with Crippen LogP contribution in [0.25, 0.3) is 21.8 Å². The van der Waals surface area contributed by atoms with Gasteiger partial charge in [-0.25, -0.2) is 15.0 Å². The summed E-state index contributed by atoms with van der Waals surface area (Å²) < 4.78 is 7.52. The number of nitrogens with zero attached hydrogens (tertiary/aromatic N) is 5. The second-order valence-electron chi connectivity index (χ2n) is 4.97. The van der Waals surface area contributed by atoms with E-state index in [2.05, 4.69) is 20.1 Å². The summed E-state index contributed by atoms with van der Waals surface area (Å²) in [5, 5.41) is 8.12. The molecule has 0 unspecified atom stereocenters. The number of fused-ring (bicyclic) bond motifs is 1. The van der Waals surface area contributed by atoms with Crippen LogP contribution in [0.1, 0.15) is 11.5 Å². The number of oxazole rings is 1. The van der Waals surface area contributed by atoms with Crippen LogP contribution in [0.15, 0.2) is 39.5 Å². The van der Waals surface area contributed by atoms with Crippen LogP contribution in [-0.4, -0.2) is 24.7 Å². The fourth-order valence-electron chi connectivity index (χ4n) is 2.26. The highest BCUT2D eigenvalue weighted by atomic mass is 32.2. The average Bonchev–Trinajstić information content (AvgIpc) is 3.27. The second-order valence-corrected chi connectivity index (χ2v) is 6.88. The minimum atomic E-state index is 0.683. The summed E-state index contributed by atoms with van der Waals surface area (Å²) in [6, 6.07) is 4.00. The Morgan fingerprint density at radius 2 is 2.26 bits per heavy atom. The number of hydrogen-bond donors (Lipinski definition) is 0. The Hall–Kier alpha value is -2.19. The van der Waals surface area contributed by atoms with Crippen LogP contribution in [-0.2, 0) is 12.8 Å². The predicted octanol–water partition coefficient (Wildman–Crippen LogP) is 3.68. The zero-order valence-corrected chi connectivity index (χ0v) is 14.2. The van der Waals surface area contributed by atoms with E-state index in [1.165, 1.54) is 0 Å². The lowest BCUT2D eigenvalue weighted by Gasteiger charge is -2.00. The lowest BCUT2D eigenvalue weighted by Crippen LogP contribution is -1.93. The number of hydrogen-bond acceptors (Lipinski definition) is 7. The van der Waals surface area contributed by atoms with E-state index in [9.17, 15) is 0 Å². The van der Waals surface area contributed by atoms with Crippen molar-refractivity contribution >= 4 is 34.1 Å². The zero-order valence-electron chi connectivity index (χ0n) is 12.6. The van der Waals surface area contributed by atoms with E-state index in [0.29, 0.717) is 11.6 Å². The van der Waals surface area contributed by atoms with Gasteiger partial charge in [-0.15, -0.1) is 11.3 Å². The third-order valence-corrected chi connectivity index (χ3v) is 5.34. The molecule has 4 aromatic heterocycles. The Morgan fingerprint density at radius 1 is 1.35 bits per heavy atom. The molecule has 0 radical (unpaired) electrons. The SMILES string of the molecule is Cc1oc(-c2cccs2)nc1CSc1ncnc2c1cnn2C. The molecular weight excluding hydrogens is 330 g/mol. The Bertz CT molecular complexity index is 958. The summed E-state index contributed by atoms with van der Waals surface area (Å²) >= 11 is 3.24. The fraction of sp³-hybridized carbons (Fsp3) is 0.200. The summed E-state index contributed by atoms with van der Waals surface area (Å²) in [6.45, 7) is 1.94. The average molecular weight is 343 g/mol. The molecule has 0 aliphatic heterocycles. The van der Waals surface area contributed by atoms with Crippen LogP contribution >= 0.6 is 23.1 Å². The molecule has 0 bridgehead atoms. The number of rotatable bonds is 4. The van der Waals surface area contributed by atoms with Gasteiger partial charge in [0.25, 0.3) is 0 Å². The molecule has 6 nitrogen and oxygen atoms in total. The highest BCUT2D eigenvalue weighted by molar-refractivity contribution is 7.98. The zero-order chi connectivity index (χ0) is 15.8. The standard InChI is InChI=1S/C15H13N5OS2/c1-9-11(19-14(21-9)12-4-3-5-22-12)7-23-15-10-6-18-20(2)13(10)16-8-17-15/h3-6,8H,7H2,1-2H3. The Morgan fingerprint density at radius 3 is 3.09 bits per heavy atom. The predicted molar refractivity (Wildman–Crippen MR) is 90.4 cm³/mol. The van der Waals surface area contributed by atoms with Crippen molar-refractivity contribution in [1.82, 2.24) is 24.7 Å². The minimum Gasteiger partial charge on any atom is -0.440 e. The maximum atomic E-state index is 5.78. The van der Waals surface area contributed by atoms with Gasteiger partial charge in [-0.3, -0.25) is 4.68 Å². The number of thioether (sulfide) groups is 1. The lowest BCUT2D eigenvalue weighted by molar-refractivity contribution is 0.542. The van der Waals surface area contributed by atoms with Gasteiger partial charge < -0.3 is 4.42 Å². The number of thiophene rings is 1. The van der Waals surface area contributed by atoms with Gasteiger partial charge >= 0.3 is 0 Å². The molecule has 0 aromatic carbocycles. The maximum absolute atomic E-state index is 5.78. The monoisotopic (exact) mass is 343 g/mol. The van der Waals surface area contributed by atoms with Gasteiger partial charge in [-0.1, -0.05) is 17.8 Å². The molecule has 4 rings (SSSR count). The van der Waals surface area contributed by atoms with E-state index in [-0.39, 0.29) is 0 Å². The van der Waals surface area contributed by atoms with Gasteiger partial charge in [-0.2, -0.15) is 5.10 Å². The van der Waals surface area contributed by atoms with Crippen molar-refractivity contribution in [2.75, 3.05) is 0 Å². The summed E-state index contributed by atoms with van der Waals surface area (Å²) in [4.78, 5) is 14.3. The molecule has 0 saturated heterocycles. The number of aromatic nitrogens is 5. The smallest absolute Gasteiger partial charge is 0.236 e. The topological polar surface area (TPSA) is 69.6 Å². The fourth-order valence-corrected chi connectivity index (χ4v) is 3.87. The van der Waals surface area contributed by atoms with E-state index in [4.69, 9.17) is 4.42 Å². The number of aryl methyl sites for hydroxylation is 2. The van der Waals surface area contributed by atoms with Gasteiger partial charge in [0.15, 0.2) is 5.65 Å². The Kier molecular flexibility index (Phi) is 3.62. The summed E-state index contributed by atoms with van der Waals surface area (Å²) in [5.74, 6) is 2.22. The summed E-state index contributed by atoms with van der Waals surface area (Å²) in [7, 11) is 1.87. The maximum Gasteiger partial charge on any atom is 0.236 e. The van der Waals surface area contributed by atoms with Gasteiger partial charge in [0.2, 0.25) is 5.89 Å². The highest BCUT2D eigenvalue weighted by Crippen LogP contribution is 2.30. The van der Waals surface area contributed by atoms with Gasteiger partial charge in [0.05, 0.1) is 22.2 Å². The van der Waals surface area contributed by atoms with Crippen molar-refractivity contribution in [3.63, 3.8) is 0 Å². The molecule has 0 aliphatic carbocycles. The van der Waals surface area contributed by atoms with Gasteiger partial charge in [0.1, 0.15) is 17.1 Å². The molecule has 8 heteroatoms. The Labute approximate surface area is 140 Å². The van der Waals surface area contributed by atoms with Crippen molar-refractivity contribution < 1.29 is 4.42 Å². The molecule has 0 amide bonds. The highest BCUT2D eigenvalue weighted by Gasteiger charge is 2.14. The summed E-state index contributed by atoms with van der Waals surface area (Å²) in [5.41, 5.74) is 1.77. The first-order chi connectivity index (χ1) is 11.2. The first kappa shape index (κ1) is 14.4. The van der Waals surface area contributed by atoms with Crippen molar-refractivity contribution in [3.05, 3.63) is 41.5 Å². The van der Waals surface area contributed by atoms with E-state index >= 15 is 0 Å². The van der Waals surface area contributed by atoms with Crippen molar-refractivity contribution in [2.45, 2.75) is 17.7 Å². The molecule has 4 heterocycles. The van der Waals surface area contributed by atoms with Crippen LogP contribution in [0.2, 0.25) is 0 Å². The minimum absolute atomic E-state index is 0.683. The first-order valence-electron chi connectivity index (χ1n) is 6.98. The van der Waals surface area contributed by atoms with Crippen molar-refractivity contribution in [3.8, 4) is 10.8 Å². The van der Waals surface area contributed by atoms with Crippen molar-refractivity contribution in [2.24, 2.45) is 7.05 Å². The molecular formula is C15H13N5OS2. The second kappa shape index (κ2) is 5.78. The molecule has 4 aromatic rings. The van der Waals surface area contributed by atoms with Crippen LogP contribution in [0, 0.1) is 6.92 Å². The van der Waals surface area contributed by atoms with E-state index in [0.717, 1.165) is 32.4 Å². The molecule has 116 valence electrons. The van der Waals surface area contributed by atoms with Crippen LogP contribution in [0.3, 0.4) is 0 Å². The molecule has 0 N–H and O–H groups in total. The molecule has 0 fully saturated rings. The normalized spacial score (nSPS) is 11.4. The van der Waals surface area contributed by atoms with Crippen LogP contribution < -0.4 is 0 Å². The largest absolute Gasteiger partial charge is 0.440 e. The van der Waals surface area contributed by atoms with Crippen LogP contribution in [0.4, 0.5) is 0 Å². The van der Waals surface area contributed by atoms with E-state index in [1.54, 1.807) is 40.3 Å². The van der Waals surface area contributed by atoms with Crippen molar-refractivity contribution in [1.29, 1.82) is 0 Å². The third-order valence-electron chi connectivity index (χ3n) is 3.46. The lowest BCUT2D eigenvalue weighted by atomic mass is 10.4. The van der Waals surface area contributed by atoms with Crippen LogP contribution in [0.5, 0.6) is 0 Å². The molecule has 23 heavy (non-hydrogen) atoms. The Balaban J connectivity index is 1.59. The first-order valence-corrected chi connectivity index (χ1v) is 8.84. The quantitative estimate of drug-likeness (QED) is 0.416.